The van der Waals surface area contributed by atoms with E-state index in [-0.39, 0.29) is 35.2 Å². The Morgan fingerprint density at radius 1 is 1.20 bits per heavy atom. The summed E-state index contributed by atoms with van der Waals surface area (Å²) in [5, 5.41) is 2.83. The van der Waals surface area contributed by atoms with Gasteiger partial charge in [-0.25, -0.2) is 0 Å². The fourth-order valence-electron chi connectivity index (χ4n) is 3.57. The van der Waals surface area contributed by atoms with Crippen LogP contribution in [-0.4, -0.2) is 35.8 Å². The zero-order valence-corrected chi connectivity index (χ0v) is 13.6. The lowest BCUT2D eigenvalue weighted by Crippen LogP contribution is -2.58. The summed E-state index contributed by atoms with van der Waals surface area (Å²) in [5.74, 6) is 0.950. The van der Waals surface area contributed by atoms with Gasteiger partial charge in [-0.05, 0) is 29.1 Å². The Morgan fingerprint density at radius 2 is 1.75 bits per heavy atom. The third-order valence-electron chi connectivity index (χ3n) is 5.71. The second-order valence-corrected chi connectivity index (χ2v) is 7.96. The molecule has 1 aliphatic carbocycles. The molecule has 0 spiro atoms. The lowest BCUT2D eigenvalue weighted by Gasteiger charge is -2.33. The normalized spacial score (nSPS) is 28.8. The van der Waals surface area contributed by atoms with Crippen LogP contribution in [0.15, 0.2) is 0 Å². The van der Waals surface area contributed by atoms with Gasteiger partial charge in [-0.1, -0.05) is 41.5 Å². The predicted octanol–water partition coefficient (Wildman–Crippen LogP) is 2.04. The van der Waals surface area contributed by atoms with E-state index < -0.39 is 0 Å². The number of rotatable bonds is 4. The summed E-state index contributed by atoms with van der Waals surface area (Å²) in [4.78, 5) is 26.1. The number of hydrogen-bond acceptors (Lipinski definition) is 2. The van der Waals surface area contributed by atoms with Crippen molar-refractivity contribution >= 4 is 11.8 Å². The van der Waals surface area contributed by atoms with Gasteiger partial charge in [0.05, 0.1) is 6.54 Å². The first-order valence-electron chi connectivity index (χ1n) is 7.65. The van der Waals surface area contributed by atoms with Crippen molar-refractivity contribution in [2.24, 2.45) is 22.7 Å². The van der Waals surface area contributed by atoms with Crippen molar-refractivity contribution in [3.8, 4) is 0 Å². The minimum absolute atomic E-state index is 0.0217. The zero-order valence-electron chi connectivity index (χ0n) is 13.6. The second-order valence-electron chi connectivity index (χ2n) is 7.96. The molecule has 0 bridgehead atoms. The van der Waals surface area contributed by atoms with Gasteiger partial charge in [0.2, 0.25) is 11.8 Å². The molecule has 2 rings (SSSR count). The summed E-state index contributed by atoms with van der Waals surface area (Å²) in [5.41, 5.74) is 0.490. The lowest BCUT2D eigenvalue weighted by atomic mass is 10.0. The molecule has 1 unspecified atom stereocenters. The van der Waals surface area contributed by atoms with E-state index in [2.05, 4.69) is 46.9 Å². The molecule has 1 aliphatic heterocycles. The summed E-state index contributed by atoms with van der Waals surface area (Å²) in [6.45, 7) is 14.1. The van der Waals surface area contributed by atoms with Crippen LogP contribution in [0.4, 0.5) is 0 Å². The number of hydrogen-bond donors (Lipinski definition) is 1. The van der Waals surface area contributed by atoms with Crippen molar-refractivity contribution in [1.82, 2.24) is 10.2 Å². The van der Waals surface area contributed by atoms with E-state index in [9.17, 15) is 9.59 Å². The highest BCUT2D eigenvalue weighted by molar-refractivity contribution is 5.94. The van der Waals surface area contributed by atoms with Crippen LogP contribution in [0, 0.1) is 22.7 Å². The van der Waals surface area contributed by atoms with Crippen LogP contribution >= 0.6 is 0 Å². The molecular formula is C16H28N2O2. The SMILES string of the molecule is CC(C)CC1NC(=O)CN(CC2C(C)(C)C2(C)C)C1=O. The minimum Gasteiger partial charge on any atom is -0.343 e. The predicted molar refractivity (Wildman–Crippen MR) is 79.0 cm³/mol. The smallest absolute Gasteiger partial charge is 0.245 e. The number of piperazine rings is 1. The Bertz CT molecular complexity index is 412. The van der Waals surface area contributed by atoms with Gasteiger partial charge in [0.15, 0.2) is 0 Å². The molecule has 1 saturated carbocycles. The lowest BCUT2D eigenvalue weighted by molar-refractivity contribution is -0.145. The molecule has 1 heterocycles. The van der Waals surface area contributed by atoms with E-state index in [1.165, 1.54) is 0 Å². The molecule has 0 radical (unpaired) electrons. The minimum atomic E-state index is -0.332. The van der Waals surface area contributed by atoms with Crippen molar-refractivity contribution in [3.05, 3.63) is 0 Å². The van der Waals surface area contributed by atoms with Crippen LogP contribution in [0.3, 0.4) is 0 Å². The van der Waals surface area contributed by atoms with Crippen LogP contribution in [0.5, 0.6) is 0 Å². The van der Waals surface area contributed by atoms with Crippen LogP contribution in [0.1, 0.15) is 48.0 Å². The van der Waals surface area contributed by atoms with Crippen molar-refractivity contribution < 1.29 is 9.59 Å². The van der Waals surface area contributed by atoms with E-state index in [0.717, 1.165) is 6.42 Å². The molecular weight excluding hydrogens is 252 g/mol. The Morgan fingerprint density at radius 3 is 2.20 bits per heavy atom. The molecule has 0 aromatic rings. The molecule has 0 aromatic carbocycles. The van der Waals surface area contributed by atoms with Crippen molar-refractivity contribution in [3.63, 3.8) is 0 Å². The summed E-state index contributed by atoms with van der Waals surface area (Å²) in [6.07, 6.45) is 0.721. The van der Waals surface area contributed by atoms with Crippen LogP contribution in [-0.2, 0) is 9.59 Å². The molecule has 1 atom stereocenters. The Kier molecular flexibility index (Phi) is 3.64. The summed E-state index contributed by atoms with van der Waals surface area (Å²) < 4.78 is 0. The van der Waals surface area contributed by atoms with Gasteiger partial charge in [-0.3, -0.25) is 9.59 Å². The van der Waals surface area contributed by atoms with Gasteiger partial charge in [0.25, 0.3) is 0 Å². The quantitative estimate of drug-likeness (QED) is 0.856. The van der Waals surface area contributed by atoms with Gasteiger partial charge in [0.1, 0.15) is 6.04 Å². The number of carbonyl (C=O) groups excluding carboxylic acids is 2. The summed E-state index contributed by atoms with van der Waals surface area (Å²) in [7, 11) is 0. The number of nitrogens with zero attached hydrogens (tertiary/aromatic N) is 1. The largest absolute Gasteiger partial charge is 0.343 e. The molecule has 1 saturated heterocycles. The van der Waals surface area contributed by atoms with Crippen molar-refractivity contribution in [2.75, 3.05) is 13.1 Å². The molecule has 4 nitrogen and oxygen atoms in total. The first-order valence-corrected chi connectivity index (χ1v) is 7.65. The van der Waals surface area contributed by atoms with E-state index in [1.54, 1.807) is 4.90 Å². The average Bonchev–Trinajstić information content (AvgIpc) is 2.66. The fraction of sp³-hybridized carbons (Fsp3) is 0.875. The van der Waals surface area contributed by atoms with Gasteiger partial charge in [-0.15, -0.1) is 0 Å². The van der Waals surface area contributed by atoms with E-state index >= 15 is 0 Å². The topological polar surface area (TPSA) is 49.4 Å². The van der Waals surface area contributed by atoms with Gasteiger partial charge in [-0.2, -0.15) is 0 Å². The van der Waals surface area contributed by atoms with Crippen LogP contribution < -0.4 is 5.32 Å². The Hall–Kier alpha value is -1.06. The number of carbonyl (C=O) groups is 2. The van der Waals surface area contributed by atoms with Gasteiger partial charge < -0.3 is 10.2 Å². The molecule has 20 heavy (non-hydrogen) atoms. The van der Waals surface area contributed by atoms with E-state index in [4.69, 9.17) is 0 Å². The summed E-state index contributed by atoms with van der Waals surface area (Å²) >= 11 is 0. The maximum Gasteiger partial charge on any atom is 0.245 e. The molecule has 2 fully saturated rings. The monoisotopic (exact) mass is 280 g/mol. The maximum absolute atomic E-state index is 12.5. The third kappa shape index (κ3) is 2.45. The molecule has 4 heteroatoms. The number of nitrogens with one attached hydrogen (secondary N) is 1. The van der Waals surface area contributed by atoms with E-state index in [0.29, 0.717) is 18.4 Å². The Balaban J connectivity index is 2.05. The third-order valence-corrected chi connectivity index (χ3v) is 5.71. The molecule has 0 aromatic heterocycles. The highest BCUT2D eigenvalue weighted by atomic mass is 16.2. The first-order chi connectivity index (χ1) is 9.07. The fourth-order valence-corrected chi connectivity index (χ4v) is 3.57. The van der Waals surface area contributed by atoms with Crippen LogP contribution in [0.2, 0.25) is 0 Å². The number of amides is 2. The van der Waals surface area contributed by atoms with Gasteiger partial charge in [0, 0.05) is 6.54 Å². The van der Waals surface area contributed by atoms with E-state index in [1.807, 2.05) is 0 Å². The maximum atomic E-state index is 12.5. The average molecular weight is 280 g/mol. The van der Waals surface area contributed by atoms with Crippen molar-refractivity contribution in [2.45, 2.75) is 54.0 Å². The molecule has 114 valence electrons. The highest BCUT2D eigenvalue weighted by Gasteiger charge is 2.65. The second kappa shape index (κ2) is 4.74. The summed E-state index contributed by atoms with van der Waals surface area (Å²) in [6, 6.07) is -0.332. The molecule has 2 amide bonds. The zero-order chi connectivity index (χ0) is 15.3. The molecule has 2 aliphatic rings. The molecule has 1 N–H and O–H groups in total. The first kappa shape index (κ1) is 15.3. The van der Waals surface area contributed by atoms with Crippen LogP contribution in [0.25, 0.3) is 0 Å². The highest BCUT2D eigenvalue weighted by Crippen LogP contribution is 2.68. The van der Waals surface area contributed by atoms with Crippen molar-refractivity contribution in [1.29, 1.82) is 0 Å². The standard InChI is InChI=1S/C16H28N2O2/c1-10(2)7-11-14(20)18(9-13(19)17-11)8-12-15(3,4)16(12,5)6/h10-12H,7-9H2,1-6H3,(H,17,19). The van der Waals surface area contributed by atoms with Gasteiger partial charge >= 0.3 is 0 Å². The Labute approximate surface area is 122 Å².